The molecule has 3 nitrogen and oxygen atoms in total. The maximum absolute atomic E-state index is 4.55. The summed E-state index contributed by atoms with van der Waals surface area (Å²) in [4.78, 5) is 11.5. The van der Waals surface area contributed by atoms with Crippen molar-refractivity contribution in [2.45, 2.75) is 18.8 Å². The Morgan fingerprint density at radius 2 is 1.82 bits per heavy atom. The number of anilines is 1. The van der Waals surface area contributed by atoms with Crippen LogP contribution in [0.5, 0.6) is 0 Å². The molecule has 22 heavy (non-hydrogen) atoms. The molecule has 4 rings (SSSR count). The topological polar surface area (TPSA) is 29.0 Å². The van der Waals surface area contributed by atoms with Crippen LogP contribution >= 0.6 is 0 Å². The molecule has 1 aromatic carbocycles. The highest BCUT2D eigenvalue weighted by atomic mass is 15.1. The molecule has 0 amide bonds. The highest BCUT2D eigenvalue weighted by molar-refractivity contribution is 5.91. The van der Waals surface area contributed by atoms with E-state index in [-0.39, 0.29) is 0 Å². The third-order valence-electron chi connectivity index (χ3n) is 4.49. The van der Waals surface area contributed by atoms with Gasteiger partial charge in [0, 0.05) is 48.2 Å². The van der Waals surface area contributed by atoms with Crippen molar-refractivity contribution >= 4 is 16.6 Å². The Kier molecular flexibility index (Phi) is 3.47. The third-order valence-corrected chi connectivity index (χ3v) is 4.49. The van der Waals surface area contributed by atoms with Crippen LogP contribution in [-0.2, 0) is 0 Å². The molecular weight excluding hydrogens is 270 g/mol. The highest BCUT2D eigenvalue weighted by Crippen LogP contribution is 2.32. The van der Waals surface area contributed by atoms with Crippen LogP contribution in [0.1, 0.15) is 24.5 Å². The molecule has 3 heteroatoms. The van der Waals surface area contributed by atoms with Gasteiger partial charge in [-0.25, -0.2) is 0 Å². The van der Waals surface area contributed by atoms with Gasteiger partial charge >= 0.3 is 0 Å². The molecule has 0 radical (unpaired) electrons. The summed E-state index contributed by atoms with van der Waals surface area (Å²) in [6.45, 7) is 2.14. The van der Waals surface area contributed by atoms with Gasteiger partial charge in [-0.15, -0.1) is 0 Å². The Morgan fingerprint density at radius 3 is 2.73 bits per heavy atom. The smallest absolute Gasteiger partial charge is 0.0722 e. The second-order valence-electron chi connectivity index (χ2n) is 5.89. The quantitative estimate of drug-likeness (QED) is 0.713. The van der Waals surface area contributed by atoms with Crippen molar-refractivity contribution in [3.63, 3.8) is 0 Å². The van der Waals surface area contributed by atoms with E-state index >= 15 is 0 Å². The molecule has 3 heterocycles. The molecule has 0 saturated carbocycles. The molecule has 0 aliphatic carbocycles. The maximum atomic E-state index is 4.55. The fourth-order valence-electron chi connectivity index (χ4n) is 3.41. The second-order valence-corrected chi connectivity index (χ2v) is 5.89. The van der Waals surface area contributed by atoms with Crippen molar-refractivity contribution in [3.8, 4) is 0 Å². The molecular formula is C19H19N3. The average molecular weight is 289 g/mol. The van der Waals surface area contributed by atoms with E-state index in [1.807, 2.05) is 24.5 Å². The lowest BCUT2D eigenvalue weighted by atomic mass is 9.93. The van der Waals surface area contributed by atoms with Gasteiger partial charge in [-0.05, 0) is 37.1 Å². The van der Waals surface area contributed by atoms with E-state index in [1.54, 1.807) is 0 Å². The Hall–Kier alpha value is -2.42. The molecule has 0 N–H and O–H groups in total. The molecule has 1 fully saturated rings. The van der Waals surface area contributed by atoms with Crippen molar-refractivity contribution < 1.29 is 0 Å². The first-order chi connectivity index (χ1) is 10.9. The number of fused-ring (bicyclic) bond motifs is 1. The number of piperidine rings is 1. The molecule has 110 valence electrons. The summed E-state index contributed by atoms with van der Waals surface area (Å²) in [5.41, 5.74) is 3.58. The second kappa shape index (κ2) is 5.76. The molecule has 1 unspecified atom stereocenters. The molecule has 1 atom stereocenters. The molecule has 0 spiro atoms. The Balaban J connectivity index is 1.67. The number of hydrogen-bond acceptors (Lipinski definition) is 3. The lowest BCUT2D eigenvalue weighted by Crippen LogP contribution is -2.34. The van der Waals surface area contributed by atoms with E-state index in [9.17, 15) is 0 Å². The molecule has 1 aliphatic heterocycles. The summed E-state index contributed by atoms with van der Waals surface area (Å²) < 4.78 is 0. The van der Waals surface area contributed by atoms with Crippen molar-refractivity contribution in [2.75, 3.05) is 18.0 Å². The van der Waals surface area contributed by atoms with Crippen LogP contribution in [0.4, 0.5) is 5.69 Å². The summed E-state index contributed by atoms with van der Waals surface area (Å²) in [5.74, 6) is 0.516. The Labute approximate surface area is 130 Å². The minimum Gasteiger partial charge on any atom is -0.370 e. The Bertz CT molecular complexity index is 764. The van der Waals surface area contributed by atoms with Crippen LogP contribution in [0.15, 0.2) is 60.9 Å². The number of nitrogens with zero attached hydrogens (tertiary/aromatic N) is 3. The van der Waals surface area contributed by atoms with Crippen LogP contribution in [0.25, 0.3) is 10.9 Å². The predicted octanol–water partition coefficient (Wildman–Crippen LogP) is 4.01. The molecule has 0 bridgehead atoms. The third kappa shape index (κ3) is 2.43. The first-order valence-corrected chi connectivity index (χ1v) is 7.91. The van der Waals surface area contributed by atoms with Gasteiger partial charge < -0.3 is 4.90 Å². The van der Waals surface area contributed by atoms with Crippen molar-refractivity contribution in [3.05, 3.63) is 66.6 Å². The zero-order valence-electron chi connectivity index (χ0n) is 12.5. The van der Waals surface area contributed by atoms with Gasteiger partial charge in [0.1, 0.15) is 0 Å². The summed E-state index contributed by atoms with van der Waals surface area (Å²) in [6, 6.07) is 16.8. The minimum absolute atomic E-state index is 0.516. The van der Waals surface area contributed by atoms with E-state index in [1.165, 1.54) is 29.6 Å². The maximum Gasteiger partial charge on any atom is 0.0722 e. The van der Waals surface area contributed by atoms with Gasteiger partial charge in [-0.2, -0.15) is 0 Å². The minimum atomic E-state index is 0.516. The van der Waals surface area contributed by atoms with Crippen molar-refractivity contribution in [2.24, 2.45) is 0 Å². The summed E-state index contributed by atoms with van der Waals surface area (Å²) in [6.07, 6.45) is 6.24. The monoisotopic (exact) mass is 289 g/mol. The van der Waals surface area contributed by atoms with Gasteiger partial charge in [0.25, 0.3) is 0 Å². The number of rotatable bonds is 2. The first kappa shape index (κ1) is 13.3. The number of benzene rings is 1. The first-order valence-electron chi connectivity index (χ1n) is 7.91. The molecule has 1 aliphatic rings. The molecule has 2 aromatic heterocycles. The van der Waals surface area contributed by atoms with E-state index in [0.29, 0.717) is 5.92 Å². The van der Waals surface area contributed by atoms with E-state index in [2.05, 4.69) is 51.3 Å². The summed E-state index contributed by atoms with van der Waals surface area (Å²) in [7, 11) is 0. The number of para-hydroxylation sites is 1. The van der Waals surface area contributed by atoms with Crippen molar-refractivity contribution in [1.29, 1.82) is 0 Å². The number of hydrogen-bond donors (Lipinski definition) is 0. The number of pyridine rings is 2. The zero-order valence-corrected chi connectivity index (χ0v) is 12.5. The predicted molar refractivity (Wildman–Crippen MR) is 90.2 cm³/mol. The fourth-order valence-corrected chi connectivity index (χ4v) is 3.41. The SMILES string of the molecule is c1ccc(C2CCCN(c3ccnc4ccccc34)C2)nc1. The normalized spacial score (nSPS) is 18.5. The van der Waals surface area contributed by atoms with E-state index in [4.69, 9.17) is 0 Å². The number of aromatic nitrogens is 2. The van der Waals surface area contributed by atoms with Gasteiger partial charge in [-0.3, -0.25) is 9.97 Å². The largest absolute Gasteiger partial charge is 0.370 e. The standard InChI is InChI=1S/C19H19N3/c1-2-9-18-16(7-1)19(10-12-21-18)22-13-5-6-15(14-22)17-8-3-4-11-20-17/h1-4,7-12,15H,5-6,13-14H2. The fraction of sp³-hybridized carbons (Fsp3) is 0.263. The van der Waals surface area contributed by atoms with Crippen LogP contribution in [-0.4, -0.2) is 23.1 Å². The highest BCUT2D eigenvalue weighted by Gasteiger charge is 2.23. The van der Waals surface area contributed by atoms with Crippen LogP contribution in [0.2, 0.25) is 0 Å². The summed E-state index contributed by atoms with van der Waals surface area (Å²) >= 11 is 0. The van der Waals surface area contributed by atoms with Crippen LogP contribution < -0.4 is 4.90 Å². The molecule has 1 saturated heterocycles. The Morgan fingerprint density at radius 1 is 0.909 bits per heavy atom. The average Bonchev–Trinajstić information content (AvgIpc) is 2.62. The van der Waals surface area contributed by atoms with Gasteiger partial charge in [0.05, 0.1) is 5.52 Å². The van der Waals surface area contributed by atoms with E-state index in [0.717, 1.165) is 18.6 Å². The van der Waals surface area contributed by atoms with Gasteiger partial charge in [0.2, 0.25) is 0 Å². The zero-order chi connectivity index (χ0) is 14.8. The van der Waals surface area contributed by atoms with Crippen molar-refractivity contribution in [1.82, 2.24) is 9.97 Å². The molecule has 3 aromatic rings. The lowest BCUT2D eigenvalue weighted by Gasteiger charge is -2.34. The van der Waals surface area contributed by atoms with Gasteiger partial charge in [0.15, 0.2) is 0 Å². The van der Waals surface area contributed by atoms with Crippen LogP contribution in [0, 0.1) is 0 Å². The lowest BCUT2D eigenvalue weighted by molar-refractivity contribution is 0.502. The van der Waals surface area contributed by atoms with Crippen LogP contribution in [0.3, 0.4) is 0 Å². The van der Waals surface area contributed by atoms with E-state index < -0.39 is 0 Å². The summed E-state index contributed by atoms with van der Waals surface area (Å²) in [5, 5.41) is 1.24. The van der Waals surface area contributed by atoms with Gasteiger partial charge in [-0.1, -0.05) is 24.3 Å².